The van der Waals surface area contributed by atoms with Gasteiger partial charge in [0, 0.05) is 21.9 Å². The smallest absolute Gasteiger partial charge is 0.225 e. The van der Waals surface area contributed by atoms with E-state index in [0.29, 0.717) is 5.02 Å². The third kappa shape index (κ3) is 3.39. The van der Waals surface area contributed by atoms with Crippen LogP contribution in [0, 0.1) is 0 Å². The van der Waals surface area contributed by atoms with Gasteiger partial charge >= 0.3 is 0 Å². The van der Waals surface area contributed by atoms with Crippen LogP contribution in [0.1, 0.15) is 11.7 Å². The molecule has 0 saturated heterocycles. The van der Waals surface area contributed by atoms with Crippen LogP contribution in [0.25, 0.3) is 0 Å². The van der Waals surface area contributed by atoms with E-state index in [2.05, 4.69) is 0 Å². The molecule has 0 fully saturated rings. The van der Waals surface area contributed by atoms with Crippen LogP contribution in [-0.2, 0) is 9.84 Å². The highest BCUT2D eigenvalue weighted by molar-refractivity contribution is 14.1. The van der Waals surface area contributed by atoms with Gasteiger partial charge in [-0.3, -0.25) is 0 Å². The summed E-state index contributed by atoms with van der Waals surface area (Å²) in [6.45, 7) is 0. The summed E-state index contributed by atoms with van der Waals surface area (Å²) in [6.07, 6.45) is -0.510. The molecule has 0 radical (unpaired) electrons. The Kier molecular flexibility index (Phi) is 5.00. The van der Waals surface area contributed by atoms with E-state index >= 15 is 0 Å². The number of rotatable bonds is 3. The average Bonchev–Trinajstić information content (AvgIpc) is 2.14. The van der Waals surface area contributed by atoms with E-state index in [1.807, 2.05) is 0 Å². The first-order chi connectivity index (χ1) is 7.57. The molecular formula is C9H8Cl3IO3S. The molecule has 8 heteroatoms. The largest absolute Gasteiger partial charge is 0.385 e. The number of hydrogen-bond acceptors (Lipinski definition) is 3. The van der Waals surface area contributed by atoms with Gasteiger partial charge < -0.3 is 5.11 Å². The first-order valence-electron chi connectivity index (χ1n) is 4.28. The van der Waals surface area contributed by atoms with E-state index < -0.39 is 18.2 Å². The zero-order chi connectivity index (χ0) is 13.4. The van der Waals surface area contributed by atoms with Gasteiger partial charge in [-0.05, 0) is 34.7 Å². The first kappa shape index (κ1) is 15.8. The predicted molar refractivity (Wildman–Crippen MR) is 78.9 cm³/mol. The van der Waals surface area contributed by atoms with Crippen molar-refractivity contribution in [2.24, 2.45) is 0 Å². The van der Waals surface area contributed by atoms with Gasteiger partial charge in [-0.2, -0.15) is 0 Å². The Morgan fingerprint density at radius 1 is 1.41 bits per heavy atom. The van der Waals surface area contributed by atoms with Crippen molar-refractivity contribution >= 4 is 67.2 Å². The standard InChI is InChI=1S/C9H8Cl3IO3S/c1-17(15,16)9(12,13)8(14)6-3-2-5(10)4-7(6)11/h2-4,8,14H,1H3/t8-,9+/m0/s1. The zero-order valence-corrected chi connectivity index (χ0v) is 13.7. The minimum Gasteiger partial charge on any atom is -0.385 e. The number of hydrogen-bond donors (Lipinski definition) is 1. The Labute approximate surface area is 128 Å². The molecule has 0 saturated carbocycles. The van der Waals surface area contributed by atoms with Gasteiger partial charge in [0.25, 0.3) is 0 Å². The molecule has 17 heavy (non-hydrogen) atoms. The molecule has 1 aromatic carbocycles. The summed E-state index contributed by atoms with van der Waals surface area (Å²) in [5.74, 6) is 0. The van der Waals surface area contributed by atoms with E-state index in [4.69, 9.17) is 34.8 Å². The van der Waals surface area contributed by atoms with E-state index in [-0.39, 0.29) is 10.6 Å². The third-order valence-electron chi connectivity index (χ3n) is 2.07. The molecule has 0 spiro atoms. The maximum absolute atomic E-state index is 11.5. The van der Waals surface area contributed by atoms with Gasteiger partial charge in [0.15, 0.2) is 9.84 Å². The molecule has 0 aliphatic rings. The number of alkyl halides is 2. The number of aliphatic hydroxyl groups is 1. The van der Waals surface area contributed by atoms with Crippen LogP contribution in [0.4, 0.5) is 0 Å². The molecule has 0 bridgehead atoms. The second kappa shape index (κ2) is 5.38. The maximum Gasteiger partial charge on any atom is 0.225 e. The van der Waals surface area contributed by atoms with Gasteiger partial charge in [0.2, 0.25) is 2.21 Å². The second-order valence-electron chi connectivity index (χ2n) is 3.40. The van der Waals surface area contributed by atoms with Crippen molar-refractivity contribution < 1.29 is 13.5 Å². The van der Waals surface area contributed by atoms with Crippen LogP contribution in [0.15, 0.2) is 18.2 Å². The Morgan fingerprint density at radius 2 is 1.94 bits per heavy atom. The molecule has 1 N–H and O–H groups in total. The quantitative estimate of drug-likeness (QED) is 0.592. The van der Waals surface area contributed by atoms with Crippen LogP contribution >= 0.6 is 57.4 Å². The summed E-state index contributed by atoms with van der Waals surface area (Å²) >= 11 is 18.9. The van der Waals surface area contributed by atoms with E-state index in [1.165, 1.54) is 40.8 Å². The third-order valence-corrected chi connectivity index (χ3v) is 7.88. The van der Waals surface area contributed by atoms with Crippen molar-refractivity contribution in [3.8, 4) is 0 Å². The van der Waals surface area contributed by atoms with Crippen molar-refractivity contribution in [3.05, 3.63) is 33.8 Å². The van der Waals surface area contributed by atoms with E-state index in [1.54, 1.807) is 0 Å². The van der Waals surface area contributed by atoms with Gasteiger partial charge in [0.1, 0.15) is 6.10 Å². The Hall–Kier alpha value is 0.730. The summed E-state index contributed by atoms with van der Waals surface area (Å²) in [7, 11) is -3.67. The van der Waals surface area contributed by atoms with Crippen molar-refractivity contribution in [2.75, 3.05) is 6.26 Å². The highest BCUT2D eigenvalue weighted by atomic mass is 127. The van der Waals surface area contributed by atoms with Crippen molar-refractivity contribution in [1.29, 1.82) is 0 Å². The lowest BCUT2D eigenvalue weighted by Crippen LogP contribution is -2.32. The van der Waals surface area contributed by atoms with Gasteiger partial charge in [-0.1, -0.05) is 40.9 Å². The summed E-state index contributed by atoms with van der Waals surface area (Å²) in [5, 5.41) is 10.6. The number of sulfone groups is 1. The van der Waals surface area contributed by atoms with Gasteiger partial charge in [-0.15, -0.1) is 0 Å². The lowest BCUT2D eigenvalue weighted by atomic mass is 10.1. The lowest BCUT2D eigenvalue weighted by molar-refractivity contribution is 0.188. The molecule has 1 aromatic rings. The molecule has 0 aromatic heterocycles. The van der Waals surface area contributed by atoms with E-state index in [9.17, 15) is 13.5 Å². The van der Waals surface area contributed by atoms with Crippen LogP contribution in [-0.4, -0.2) is 22.0 Å². The number of benzene rings is 1. The predicted octanol–water partition coefficient (Wildman–Crippen LogP) is 3.40. The molecule has 0 amide bonds. The lowest BCUT2D eigenvalue weighted by Gasteiger charge is -2.25. The normalized spacial score (nSPS) is 17.5. The molecule has 96 valence electrons. The summed E-state index contributed by atoms with van der Waals surface area (Å²) in [5.41, 5.74) is 0.214. The molecule has 0 aliphatic heterocycles. The number of aliphatic hydroxyl groups excluding tert-OH is 1. The molecule has 0 aliphatic carbocycles. The minimum atomic E-state index is -3.67. The highest BCUT2D eigenvalue weighted by Gasteiger charge is 2.44. The fourth-order valence-electron chi connectivity index (χ4n) is 1.11. The van der Waals surface area contributed by atoms with Gasteiger partial charge in [0.05, 0.1) is 0 Å². The van der Waals surface area contributed by atoms with Crippen molar-refractivity contribution in [3.63, 3.8) is 0 Å². The highest BCUT2D eigenvalue weighted by Crippen LogP contribution is 2.44. The van der Waals surface area contributed by atoms with Crippen molar-refractivity contribution in [2.45, 2.75) is 8.32 Å². The van der Waals surface area contributed by atoms with Crippen LogP contribution in [0.2, 0.25) is 10.0 Å². The molecule has 1 rings (SSSR count). The Balaban J connectivity index is 3.26. The van der Waals surface area contributed by atoms with Gasteiger partial charge in [-0.25, -0.2) is 8.42 Å². The topological polar surface area (TPSA) is 54.4 Å². The second-order valence-corrected chi connectivity index (χ2v) is 10.3. The summed E-state index contributed by atoms with van der Waals surface area (Å²) in [4.78, 5) is 0. The SMILES string of the molecule is CS(=O)(=O)[C@](Cl)(I)[C@@H](O)c1ccc(Cl)cc1Cl. The van der Waals surface area contributed by atoms with Crippen molar-refractivity contribution in [1.82, 2.24) is 0 Å². The fourth-order valence-corrected chi connectivity index (χ4v) is 2.60. The monoisotopic (exact) mass is 428 g/mol. The van der Waals surface area contributed by atoms with Crippen LogP contribution in [0.5, 0.6) is 0 Å². The molecular weight excluding hydrogens is 421 g/mol. The molecule has 2 atom stereocenters. The molecule has 0 unspecified atom stereocenters. The molecule has 0 heterocycles. The summed E-state index contributed by atoms with van der Waals surface area (Å²) < 4.78 is 21.1. The molecule has 3 nitrogen and oxygen atoms in total. The fraction of sp³-hybridized carbons (Fsp3) is 0.333. The maximum atomic E-state index is 11.5. The minimum absolute atomic E-state index is 0.162. The Morgan fingerprint density at radius 3 is 2.35 bits per heavy atom. The van der Waals surface area contributed by atoms with Crippen LogP contribution in [0.3, 0.4) is 0 Å². The number of halogens is 4. The first-order valence-corrected chi connectivity index (χ1v) is 8.38. The summed E-state index contributed by atoms with van der Waals surface area (Å²) in [6, 6.07) is 4.35. The average molecular weight is 429 g/mol. The Bertz CT molecular complexity index is 530. The van der Waals surface area contributed by atoms with E-state index in [0.717, 1.165) is 6.26 Å². The van der Waals surface area contributed by atoms with Crippen LogP contribution < -0.4 is 0 Å². The zero-order valence-electron chi connectivity index (χ0n) is 8.49.